The van der Waals surface area contributed by atoms with E-state index in [0.29, 0.717) is 29.6 Å². The number of ether oxygens (including phenoxy) is 2. The summed E-state index contributed by atoms with van der Waals surface area (Å²) < 4.78 is 12.4. The molecule has 0 radical (unpaired) electrons. The first-order chi connectivity index (χ1) is 13.0. The smallest absolute Gasteiger partial charge is 0.269 e. The predicted octanol–water partition coefficient (Wildman–Crippen LogP) is 5.93. The largest absolute Gasteiger partial charge is 0.486 e. The Morgan fingerprint density at radius 3 is 2.63 bits per heavy atom. The van der Waals surface area contributed by atoms with Gasteiger partial charge in [-0.15, -0.1) is 11.3 Å². The first kappa shape index (κ1) is 17.4. The van der Waals surface area contributed by atoms with Gasteiger partial charge in [0.05, 0.1) is 21.0 Å². The molecule has 4 heterocycles. The highest BCUT2D eigenvalue weighted by Crippen LogP contribution is 2.55. The van der Waals surface area contributed by atoms with E-state index in [1.807, 2.05) is 34.5 Å². The van der Waals surface area contributed by atoms with Crippen molar-refractivity contribution in [3.8, 4) is 22.6 Å². The van der Waals surface area contributed by atoms with Crippen LogP contribution in [0, 0.1) is 3.82 Å². The normalized spacial score (nSPS) is 16.6. The molecule has 0 atom stereocenters. The van der Waals surface area contributed by atoms with E-state index in [9.17, 15) is 4.79 Å². The molecule has 3 aromatic rings. The number of anilines is 1. The molecule has 2 aliphatic rings. The fourth-order valence-electron chi connectivity index (χ4n) is 3.64. The molecule has 0 fully saturated rings. The monoisotopic (exact) mass is 433 g/mol. The number of carbonyl (C=O) groups excluding carboxylic acids is 1. The van der Waals surface area contributed by atoms with Gasteiger partial charge in [0.15, 0.2) is 11.5 Å². The molecule has 0 spiro atoms. The highest BCUT2D eigenvalue weighted by Gasteiger charge is 2.44. The van der Waals surface area contributed by atoms with E-state index in [-0.39, 0.29) is 5.91 Å². The molecule has 27 heavy (non-hydrogen) atoms. The minimum Gasteiger partial charge on any atom is -0.486 e. The molecule has 1 aromatic carbocycles. The number of hydrogen-bond acceptors (Lipinski definition) is 7. The molecular weight excluding hydrogens is 418 g/mol. The predicted molar refractivity (Wildman–Crippen MR) is 114 cm³/mol. The maximum Gasteiger partial charge on any atom is 0.269 e. The van der Waals surface area contributed by atoms with Crippen LogP contribution in [0.5, 0.6) is 11.5 Å². The van der Waals surface area contributed by atoms with Crippen LogP contribution in [0.25, 0.3) is 11.1 Å². The lowest BCUT2D eigenvalue weighted by Gasteiger charge is -2.43. The van der Waals surface area contributed by atoms with Crippen LogP contribution < -0.4 is 14.4 Å². The van der Waals surface area contributed by atoms with Gasteiger partial charge in [0.2, 0.25) is 0 Å². The van der Waals surface area contributed by atoms with Crippen LogP contribution in [-0.2, 0) is 5.54 Å². The van der Waals surface area contributed by atoms with Crippen molar-refractivity contribution in [2.45, 2.75) is 19.4 Å². The lowest BCUT2D eigenvalue weighted by Crippen LogP contribution is -2.47. The molecule has 4 nitrogen and oxygen atoms in total. The number of amides is 1. The molecule has 0 bridgehead atoms. The quantitative estimate of drug-likeness (QED) is 0.352. The molecule has 2 aromatic heterocycles. The maximum absolute atomic E-state index is 13.5. The van der Waals surface area contributed by atoms with Crippen molar-refractivity contribution >= 4 is 55.8 Å². The maximum atomic E-state index is 13.5. The number of carbonyl (C=O) groups is 1. The summed E-state index contributed by atoms with van der Waals surface area (Å²) in [4.78, 5) is 17.2. The van der Waals surface area contributed by atoms with Crippen LogP contribution in [0.2, 0.25) is 0 Å². The Morgan fingerprint density at radius 1 is 1.19 bits per heavy atom. The standard InChI is InChI=1S/C19H15NO3S4/c1-19(2)16-15(18(24)27-26-16)10-8-12-13(23-6-5-22-12)9-11(10)20(19)17(21)14-4-3-7-25-14/h3-4,7-9H,5-6H2,1-2H3. The van der Waals surface area contributed by atoms with Gasteiger partial charge in [-0.1, -0.05) is 39.0 Å². The van der Waals surface area contributed by atoms with E-state index in [1.165, 1.54) is 11.3 Å². The minimum absolute atomic E-state index is 0.0112. The van der Waals surface area contributed by atoms with E-state index in [0.717, 1.165) is 25.5 Å². The Balaban J connectivity index is 1.81. The fourth-order valence-corrected chi connectivity index (χ4v) is 7.57. The highest BCUT2D eigenvalue weighted by atomic mass is 32.9. The first-order valence-corrected chi connectivity index (χ1v) is 11.9. The average Bonchev–Trinajstić information content (AvgIpc) is 3.30. The van der Waals surface area contributed by atoms with Gasteiger partial charge in [0.1, 0.15) is 17.0 Å². The van der Waals surface area contributed by atoms with Crippen molar-refractivity contribution in [2.75, 3.05) is 18.1 Å². The van der Waals surface area contributed by atoms with E-state index < -0.39 is 5.54 Å². The minimum atomic E-state index is -0.509. The molecule has 0 saturated carbocycles. The van der Waals surface area contributed by atoms with Gasteiger partial charge < -0.3 is 9.47 Å². The Bertz CT molecular complexity index is 1110. The lowest BCUT2D eigenvalue weighted by molar-refractivity contribution is 0.0965. The van der Waals surface area contributed by atoms with Crippen molar-refractivity contribution in [1.29, 1.82) is 0 Å². The van der Waals surface area contributed by atoms with Crippen LogP contribution in [0.1, 0.15) is 28.4 Å². The van der Waals surface area contributed by atoms with Gasteiger partial charge in [0, 0.05) is 17.2 Å². The summed E-state index contributed by atoms with van der Waals surface area (Å²) in [5, 5.41) is 1.93. The Labute approximate surface area is 173 Å². The van der Waals surface area contributed by atoms with Gasteiger partial charge in [-0.25, -0.2) is 0 Å². The van der Waals surface area contributed by atoms with Gasteiger partial charge in [0.25, 0.3) is 5.91 Å². The summed E-state index contributed by atoms with van der Waals surface area (Å²) in [6.07, 6.45) is 0. The Hall–Kier alpha value is -1.74. The third kappa shape index (κ3) is 2.51. The average molecular weight is 434 g/mol. The van der Waals surface area contributed by atoms with Crippen molar-refractivity contribution in [3.05, 3.63) is 43.2 Å². The van der Waals surface area contributed by atoms with E-state index in [1.54, 1.807) is 20.7 Å². The number of fused-ring (bicyclic) bond motifs is 4. The summed E-state index contributed by atoms with van der Waals surface area (Å²) in [5.74, 6) is 1.37. The van der Waals surface area contributed by atoms with Crippen LogP contribution >= 0.6 is 44.2 Å². The molecular formula is C19H15NO3S4. The molecule has 138 valence electrons. The number of thiophene rings is 1. The summed E-state index contributed by atoms with van der Waals surface area (Å²) in [6, 6.07) is 7.67. The molecule has 2 aliphatic heterocycles. The molecule has 0 N–H and O–H groups in total. The van der Waals surface area contributed by atoms with Crippen molar-refractivity contribution in [2.24, 2.45) is 0 Å². The molecule has 0 unspecified atom stereocenters. The summed E-state index contributed by atoms with van der Waals surface area (Å²) in [7, 11) is 3.24. The highest BCUT2D eigenvalue weighted by molar-refractivity contribution is 7.80. The van der Waals surface area contributed by atoms with Crippen molar-refractivity contribution in [3.63, 3.8) is 0 Å². The van der Waals surface area contributed by atoms with Gasteiger partial charge >= 0.3 is 0 Å². The first-order valence-electron chi connectivity index (χ1n) is 8.44. The third-order valence-corrected chi connectivity index (χ3v) is 9.04. The zero-order valence-corrected chi connectivity index (χ0v) is 17.9. The third-order valence-electron chi connectivity index (χ3n) is 4.85. The molecule has 1 amide bonds. The second-order valence-electron chi connectivity index (χ2n) is 6.85. The zero-order valence-electron chi connectivity index (χ0n) is 14.6. The molecule has 5 rings (SSSR count). The molecule has 0 aliphatic carbocycles. The molecule has 8 heteroatoms. The number of benzene rings is 1. The van der Waals surface area contributed by atoms with E-state index >= 15 is 0 Å². The van der Waals surface area contributed by atoms with Crippen LogP contribution in [-0.4, -0.2) is 19.1 Å². The Morgan fingerprint density at radius 2 is 1.93 bits per heavy atom. The SMILES string of the molecule is CC1(C)c2ssc(=S)c2-c2cc3c(cc2N1C(=O)c1cccs1)OCCO3. The molecule has 0 saturated heterocycles. The second kappa shape index (κ2) is 6.13. The number of nitrogens with zero attached hydrogens (tertiary/aromatic N) is 1. The van der Waals surface area contributed by atoms with Crippen LogP contribution in [0.4, 0.5) is 5.69 Å². The summed E-state index contributed by atoms with van der Waals surface area (Å²) in [5.41, 5.74) is 2.31. The number of rotatable bonds is 1. The van der Waals surface area contributed by atoms with Crippen LogP contribution in [0.15, 0.2) is 29.6 Å². The van der Waals surface area contributed by atoms with Crippen LogP contribution in [0.3, 0.4) is 0 Å². The topological polar surface area (TPSA) is 38.8 Å². The fraction of sp³-hybridized carbons (Fsp3) is 0.263. The zero-order chi connectivity index (χ0) is 18.8. The second-order valence-corrected chi connectivity index (χ2v) is 10.6. The summed E-state index contributed by atoms with van der Waals surface area (Å²) >= 11 is 7.10. The van der Waals surface area contributed by atoms with Gasteiger partial charge in [-0.3, -0.25) is 9.69 Å². The van der Waals surface area contributed by atoms with E-state index in [4.69, 9.17) is 21.7 Å². The Kier molecular flexibility index (Phi) is 3.94. The number of hydrogen-bond donors (Lipinski definition) is 0. The van der Waals surface area contributed by atoms with E-state index in [2.05, 4.69) is 13.8 Å². The summed E-state index contributed by atoms with van der Waals surface area (Å²) in [6.45, 7) is 5.19. The van der Waals surface area contributed by atoms with Crippen molar-refractivity contribution in [1.82, 2.24) is 0 Å². The van der Waals surface area contributed by atoms with Crippen molar-refractivity contribution < 1.29 is 14.3 Å². The lowest BCUT2D eigenvalue weighted by atomic mass is 9.87. The van der Waals surface area contributed by atoms with Gasteiger partial charge in [-0.2, -0.15) is 0 Å². The van der Waals surface area contributed by atoms with Gasteiger partial charge in [-0.05, 0) is 31.4 Å².